The van der Waals surface area contributed by atoms with Crippen LogP contribution in [0.3, 0.4) is 0 Å². The van der Waals surface area contributed by atoms with Crippen molar-refractivity contribution in [1.29, 1.82) is 0 Å². The van der Waals surface area contributed by atoms with Crippen molar-refractivity contribution in [3.8, 4) is 0 Å². The molecule has 2 heterocycles. The summed E-state index contributed by atoms with van der Waals surface area (Å²) in [5.74, 6) is -0.165. The number of carbonyl (C=O) groups excluding carboxylic acids is 1. The molecule has 0 bridgehead atoms. The quantitative estimate of drug-likeness (QED) is 0.891. The van der Waals surface area contributed by atoms with Gasteiger partial charge in [0.05, 0.1) is 10.5 Å². The van der Waals surface area contributed by atoms with Gasteiger partial charge in [-0.1, -0.05) is 12.1 Å². The summed E-state index contributed by atoms with van der Waals surface area (Å²) in [5, 5.41) is 3.40. The standard InChI is InChI=1S/C16H22N2O3S/c1-22(20,21)14-5-3-2-4-13(14)15(19)18-10-7-16(8-11-18)6-9-17-12-16/h2-5,17H,6-12H2,1H3. The molecule has 22 heavy (non-hydrogen) atoms. The van der Waals surface area contributed by atoms with E-state index in [1.165, 1.54) is 12.5 Å². The molecule has 1 amide bonds. The molecule has 2 aliphatic heterocycles. The highest BCUT2D eigenvalue weighted by atomic mass is 32.2. The van der Waals surface area contributed by atoms with Crippen LogP contribution in [0.5, 0.6) is 0 Å². The zero-order chi connectivity index (χ0) is 15.8. The van der Waals surface area contributed by atoms with Gasteiger partial charge in [0.1, 0.15) is 0 Å². The Kier molecular flexibility index (Phi) is 3.99. The van der Waals surface area contributed by atoms with E-state index in [0.717, 1.165) is 32.2 Å². The number of benzene rings is 1. The lowest BCUT2D eigenvalue weighted by Crippen LogP contribution is -2.44. The van der Waals surface area contributed by atoms with E-state index >= 15 is 0 Å². The topological polar surface area (TPSA) is 66.5 Å². The van der Waals surface area contributed by atoms with Gasteiger partial charge in [0.15, 0.2) is 9.84 Å². The molecule has 2 aliphatic rings. The Balaban J connectivity index is 1.79. The molecule has 1 spiro atoms. The molecule has 2 fully saturated rings. The van der Waals surface area contributed by atoms with Crippen molar-refractivity contribution in [3.05, 3.63) is 29.8 Å². The molecule has 0 unspecified atom stereocenters. The SMILES string of the molecule is CS(=O)(=O)c1ccccc1C(=O)N1CCC2(CCNC2)CC1. The van der Waals surface area contributed by atoms with Crippen molar-refractivity contribution in [3.63, 3.8) is 0 Å². The van der Waals surface area contributed by atoms with E-state index in [2.05, 4.69) is 5.32 Å². The molecule has 0 aromatic heterocycles. The van der Waals surface area contributed by atoms with Crippen molar-refractivity contribution in [2.45, 2.75) is 24.2 Å². The molecule has 5 nitrogen and oxygen atoms in total. The largest absolute Gasteiger partial charge is 0.339 e. The number of nitrogens with zero attached hydrogens (tertiary/aromatic N) is 1. The molecule has 1 aromatic carbocycles. The first-order chi connectivity index (χ1) is 10.4. The van der Waals surface area contributed by atoms with Gasteiger partial charge in [-0.2, -0.15) is 0 Å². The first-order valence-electron chi connectivity index (χ1n) is 7.70. The Morgan fingerprint density at radius 1 is 1.18 bits per heavy atom. The summed E-state index contributed by atoms with van der Waals surface area (Å²) in [6.07, 6.45) is 4.31. The first-order valence-corrected chi connectivity index (χ1v) is 9.60. The summed E-state index contributed by atoms with van der Waals surface area (Å²) >= 11 is 0. The highest BCUT2D eigenvalue weighted by Crippen LogP contribution is 2.37. The number of hydrogen-bond acceptors (Lipinski definition) is 4. The number of sulfone groups is 1. The van der Waals surface area contributed by atoms with E-state index in [4.69, 9.17) is 0 Å². The van der Waals surface area contributed by atoms with Gasteiger partial charge in [-0.3, -0.25) is 4.79 Å². The highest BCUT2D eigenvalue weighted by molar-refractivity contribution is 7.90. The second kappa shape index (κ2) is 5.66. The average molecular weight is 322 g/mol. The van der Waals surface area contributed by atoms with Crippen LogP contribution in [0.1, 0.15) is 29.6 Å². The van der Waals surface area contributed by atoms with Crippen LogP contribution >= 0.6 is 0 Å². The summed E-state index contributed by atoms with van der Waals surface area (Å²) in [6, 6.07) is 6.49. The third kappa shape index (κ3) is 2.90. The first kappa shape index (κ1) is 15.5. The van der Waals surface area contributed by atoms with Crippen LogP contribution in [0.4, 0.5) is 0 Å². The molecule has 2 saturated heterocycles. The number of amides is 1. The lowest BCUT2D eigenvalue weighted by Gasteiger charge is -2.39. The third-order valence-corrected chi connectivity index (χ3v) is 6.12. The van der Waals surface area contributed by atoms with Crippen molar-refractivity contribution >= 4 is 15.7 Å². The van der Waals surface area contributed by atoms with Gasteiger partial charge in [0.2, 0.25) is 0 Å². The second-order valence-electron chi connectivity index (χ2n) is 6.49. The van der Waals surface area contributed by atoms with Gasteiger partial charge in [-0.25, -0.2) is 8.42 Å². The smallest absolute Gasteiger partial charge is 0.255 e. The fourth-order valence-electron chi connectivity index (χ4n) is 3.54. The summed E-state index contributed by atoms with van der Waals surface area (Å²) in [5.41, 5.74) is 0.637. The zero-order valence-electron chi connectivity index (χ0n) is 12.8. The van der Waals surface area contributed by atoms with Crippen LogP contribution in [0.25, 0.3) is 0 Å². The monoisotopic (exact) mass is 322 g/mol. The van der Waals surface area contributed by atoms with Gasteiger partial charge in [0.25, 0.3) is 5.91 Å². The summed E-state index contributed by atoms with van der Waals surface area (Å²) < 4.78 is 23.7. The van der Waals surface area contributed by atoms with Crippen molar-refractivity contribution in [2.24, 2.45) is 5.41 Å². The molecule has 6 heteroatoms. The number of nitrogens with one attached hydrogen (secondary N) is 1. The minimum absolute atomic E-state index is 0.128. The fourth-order valence-corrected chi connectivity index (χ4v) is 4.42. The number of piperidine rings is 1. The Morgan fingerprint density at radius 2 is 1.86 bits per heavy atom. The lowest BCUT2D eigenvalue weighted by molar-refractivity contribution is 0.0604. The molecular formula is C16H22N2O3S. The number of carbonyl (C=O) groups is 1. The molecular weight excluding hydrogens is 300 g/mol. The summed E-state index contributed by atoms with van der Waals surface area (Å²) in [4.78, 5) is 14.6. The number of rotatable bonds is 2. The van der Waals surface area contributed by atoms with Crippen LogP contribution in [0, 0.1) is 5.41 Å². The Bertz CT molecular complexity index is 668. The van der Waals surface area contributed by atoms with Gasteiger partial charge in [-0.05, 0) is 43.4 Å². The fraction of sp³-hybridized carbons (Fsp3) is 0.562. The van der Waals surface area contributed by atoms with Crippen molar-refractivity contribution in [2.75, 3.05) is 32.4 Å². The maximum Gasteiger partial charge on any atom is 0.255 e. The third-order valence-electron chi connectivity index (χ3n) is 4.96. The predicted molar refractivity (Wildman–Crippen MR) is 84.6 cm³/mol. The van der Waals surface area contributed by atoms with Crippen LogP contribution in [-0.4, -0.2) is 51.7 Å². The normalized spacial score (nSPS) is 21.2. The molecule has 120 valence electrons. The predicted octanol–water partition coefficient (Wildman–Crippen LogP) is 1.31. The van der Waals surface area contributed by atoms with Crippen LogP contribution in [0.15, 0.2) is 29.2 Å². The Morgan fingerprint density at radius 3 is 2.45 bits per heavy atom. The van der Waals surface area contributed by atoms with Gasteiger partial charge < -0.3 is 10.2 Å². The lowest BCUT2D eigenvalue weighted by atomic mass is 9.78. The van der Waals surface area contributed by atoms with Crippen LogP contribution < -0.4 is 5.32 Å². The minimum atomic E-state index is -3.40. The summed E-state index contributed by atoms with van der Waals surface area (Å²) in [7, 11) is -3.40. The van der Waals surface area contributed by atoms with Gasteiger partial charge in [0, 0.05) is 25.9 Å². The minimum Gasteiger partial charge on any atom is -0.339 e. The van der Waals surface area contributed by atoms with Crippen LogP contribution in [0.2, 0.25) is 0 Å². The summed E-state index contributed by atoms with van der Waals surface area (Å²) in [6.45, 7) is 3.51. The maximum absolute atomic E-state index is 12.7. The molecule has 1 aromatic rings. The van der Waals surface area contributed by atoms with Crippen LogP contribution in [-0.2, 0) is 9.84 Å². The Labute approximate surface area is 131 Å². The van der Waals surface area contributed by atoms with E-state index in [-0.39, 0.29) is 10.8 Å². The van der Waals surface area contributed by atoms with E-state index in [1.54, 1.807) is 23.1 Å². The average Bonchev–Trinajstić information content (AvgIpc) is 2.95. The Hall–Kier alpha value is -1.40. The van der Waals surface area contributed by atoms with Crippen molar-refractivity contribution in [1.82, 2.24) is 10.2 Å². The van der Waals surface area contributed by atoms with E-state index in [9.17, 15) is 13.2 Å². The second-order valence-corrected chi connectivity index (χ2v) is 8.47. The maximum atomic E-state index is 12.7. The van der Waals surface area contributed by atoms with E-state index in [1.807, 2.05) is 0 Å². The zero-order valence-corrected chi connectivity index (χ0v) is 13.7. The van der Waals surface area contributed by atoms with Crippen molar-refractivity contribution < 1.29 is 13.2 Å². The molecule has 0 saturated carbocycles. The number of hydrogen-bond donors (Lipinski definition) is 1. The van der Waals surface area contributed by atoms with Gasteiger partial charge >= 0.3 is 0 Å². The van der Waals surface area contributed by atoms with E-state index in [0.29, 0.717) is 24.1 Å². The highest BCUT2D eigenvalue weighted by Gasteiger charge is 2.38. The van der Waals surface area contributed by atoms with E-state index < -0.39 is 9.84 Å². The molecule has 1 N–H and O–H groups in total. The van der Waals surface area contributed by atoms with Gasteiger partial charge in [-0.15, -0.1) is 0 Å². The number of likely N-dealkylation sites (tertiary alicyclic amines) is 1. The molecule has 0 radical (unpaired) electrons. The molecule has 3 rings (SSSR count). The molecule has 0 aliphatic carbocycles. The molecule has 0 atom stereocenters.